The zero-order valence-corrected chi connectivity index (χ0v) is 8.16. The minimum absolute atomic E-state index is 0.840. The van der Waals surface area contributed by atoms with Gasteiger partial charge in [0, 0.05) is 0 Å². The molecule has 0 spiro atoms. The standard InChI is InChI=1S/C8H13NOSi/c1-11(2,3)9-7-8-5-4-6-10-8/h4-7H,1-3H3/b9-7+. The number of hydrogen-bond donors (Lipinski definition) is 0. The Kier molecular flexibility index (Phi) is 2.29. The Labute approximate surface area is 68.0 Å². The van der Waals surface area contributed by atoms with Crippen molar-refractivity contribution in [1.82, 2.24) is 0 Å². The third-order valence-electron chi connectivity index (χ3n) is 1.12. The smallest absolute Gasteiger partial charge is 0.172 e. The maximum absolute atomic E-state index is 5.10. The van der Waals surface area contributed by atoms with E-state index in [0.717, 1.165) is 5.76 Å². The first-order chi connectivity index (χ1) is 5.08. The van der Waals surface area contributed by atoms with E-state index in [9.17, 15) is 0 Å². The molecule has 0 bridgehead atoms. The summed E-state index contributed by atoms with van der Waals surface area (Å²) >= 11 is 0. The molecule has 0 saturated carbocycles. The van der Waals surface area contributed by atoms with Crippen LogP contribution in [0.3, 0.4) is 0 Å². The van der Waals surface area contributed by atoms with Crippen LogP contribution in [-0.4, -0.2) is 14.5 Å². The van der Waals surface area contributed by atoms with Gasteiger partial charge in [-0.3, -0.25) is 0 Å². The second-order valence-electron chi connectivity index (χ2n) is 3.44. The Balaban J connectivity index is 2.63. The maximum atomic E-state index is 5.10. The molecule has 0 radical (unpaired) electrons. The van der Waals surface area contributed by atoms with Gasteiger partial charge < -0.3 is 9.08 Å². The van der Waals surface area contributed by atoms with Crippen LogP contribution in [0.1, 0.15) is 5.76 Å². The van der Waals surface area contributed by atoms with Crippen LogP contribution in [0.25, 0.3) is 0 Å². The van der Waals surface area contributed by atoms with Crippen LogP contribution < -0.4 is 0 Å². The fourth-order valence-corrected chi connectivity index (χ4v) is 1.14. The number of furan rings is 1. The molecular formula is C8H13NOSi. The summed E-state index contributed by atoms with van der Waals surface area (Å²) in [6, 6.07) is 3.77. The van der Waals surface area contributed by atoms with Crippen LogP contribution in [0.15, 0.2) is 27.5 Å². The van der Waals surface area contributed by atoms with Crippen molar-refractivity contribution < 1.29 is 4.42 Å². The fourth-order valence-electron chi connectivity index (χ4n) is 0.622. The van der Waals surface area contributed by atoms with E-state index >= 15 is 0 Å². The van der Waals surface area contributed by atoms with Gasteiger partial charge in [0.15, 0.2) is 8.24 Å². The quantitative estimate of drug-likeness (QED) is 0.491. The molecule has 1 heterocycles. The van der Waals surface area contributed by atoms with Crippen LogP contribution in [-0.2, 0) is 0 Å². The molecule has 0 saturated heterocycles. The van der Waals surface area contributed by atoms with E-state index in [-0.39, 0.29) is 0 Å². The van der Waals surface area contributed by atoms with Gasteiger partial charge in [-0.2, -0.15) is 0 Å². The van der Waals surface area contributed by atoms with Crippen molar-refractivity contribution in [2.24, 2.45) is 4.66 Å². The lowest BCUT2D eigenvalue weighted by Crippen LogP contribution is -2.16. The van der Waals surface area contributed by atoms with Crippen molar-refractivity contribution in [2.45, 2.75) is 19.6 Å². The highest BCUT2D eigenvalue weighted by molar-refractivity contribution is 6.75. The minimum Gasteiger partial charge on any atom is -0.463 e. The molecule has 60 valence electrons. The number of hydrogen-bond acceptors (Lipinski definition) is 2. The molecule has 0 aliphatic carbocycles. The molecule has 0 unspecified atom stereocenters. The highest BCUT2D eigenvalue weighted by atomic mass is 28.3. The summed E-state index contributed by atoms with van der Waals surface area (Å²) in [6.07, 6.45) is 3.47. The lowest BCUT2D eigenvalue weighted by molar-refractivity contribution is 0.560. The summed E-state index contributed by atoms with van der Waals surface area (Å²) in [4.78, 5) is 0. The molecule has 2 nitrogen and oxygen atoms in total. The summed E-state index contributed by atoms with van der Waals surface area (Å²) in [5.74, 6) is 0.840. The molecular weight excluding hydrogens is 154 g/mol. The zero-order chi connectivity index (χ0) is 8.32. The Bertz CT molecular complexity index is 233. The molecule has 11 heavy (non-hydrogen) atoms. The van der Waals surface area contributed by atoms with Gasteiger partial charge in [-0.25, -0.2) is 0 Å². The fraction of sp³-hybridized carbons (Fsp3) is 0.375. The second kappa shape index (κ2) is 3.05. The first-order valence-corrected chi connectivity index (χ1v) is 7.11. The average Bonchev–Trinajstić information content (AvgIpc) is 2.32. The Hall–Kier alpha value is -0.833. The molecule has 1 aromatic rings. The van der Waals surface area contributed by atoms with Crippen LogP contribution in [0.4, 0.5) is 0 Å². The average molecular weight is 167 g/mol. The van der Waals surface area contributed by atoms with Gasteiger partial charge in [0.1, 0.15) is 5.76 Å². The first-order valence-electron chi connectivity index (χ1n) is 3.67. The minimum atomic E-state index is -1.30. The molecule has 1 aromatic heterocycles. The monoisotopic (exact) mass is 167 g/mol. The normalized spacial score (nSPS) is 12.6. The van der Waals surface area contributed by atoms with Crippen molar-refractivity contribution in [3.63, 3.8) is 0 Å². The van der Waals surface area contributed by atoms with E-state index in [1.807, 2.05) is 18.3 Å². The largest absolute Gasteiger partial charge is 0.463 e. The predicted molar refractivity (Wildman–Crippen MR) is 49.6 cm³/mol. The van der Waals surface area contributed by atoms with Crippen molar-refractivity contribution in [2.75, 3.05) is 0 Å². The van der Waals surface area contributed by atoms with E-state index in [0.29, 0.717) is 0 Å². The topological polar surface area (TPSA) is 25.5 Å². The van der Waals surface area contributed by atoms with E-state index in [1.165, 1.54) is 0 Å². The third kappa shape index (κ3) is 3.18. The zero-order valence-electron chi connectivity index (χ0n) is 7.16. The highest BCUT2D eigenvalue weighted by Gasteiger charge is 2.09. The lowest BCUT2D eigenvalue weighted by Gasteiger charge is -2.05. The summed E-state index contributed by atoms with van der Waals surface area (Å²) in [7, 11) is -1.30. The summed E-state index contributed by atoms with van der Waals surface area (Å²) < 4.78 is 9.52. The van der Waals surface area contributed by atoms with E-state index in [2.05, 4.69) is 24.3 Å². The van der Waals surface area contributed by atoms with Crippen LogP contribution in [0.5, 0.6) is 0 Å². The Morgan fingerprint density at radius 3 is 2.64 bits per heavy atom. The summed E-state index contributed by atoms with van der Waals surface area (Å²) in [6.45, 7) is 6.56. The molecule has 0 aliphatic rings. The first kappa shape index (κ1) is 8.27. The summed E-state index contributed by atoms with van der Waals surface area (Å²) in [5.41, 5.74) is 0. The lowest BCUT2D eigenvalue weighted by atomic mass is 10.5. The summed E-state index contributed by atoms with van der Waals surface area (Å²) in [5, 5.41) is 0. The van der Waals surface area contributed by atoms with Gasteiger partial charge >= 0.3 is 0 Å². The maximum Gasteiger partial charge on any atom is 0.172 e. The van der Waals surface area contributed by atoms with Gasteiger partial charge in [0.05, 0.1) is 12.5 Å². The molecule has 1 rings (SSSR count). The molecule has 0 aliphatic heterocycles. The third-order valence-corrected chi connectivity index (χ3v) is 2.03. The number of nitrogens with zero attached hydrogens (tertiary/aromatic N) is 1. The Morgan fingerprint density at radius 2 is 2.18 bits per heavy atom. The van der Waals surface area contributed by atoms with Crippen molar-refractivity contribution >= 4 is 14.5 Å². The van der Waals surface area contributed by atoms with Crippen LogP contribution in [0.2, 0.25) is 19.6 Å². The van der Waals surface area contributed by atoms with Crippen molar-refractivity contribution in [3.05, 3.63) is 24.2 Å². The van der Waals surface area contributed by atoms with E-state index < -0.39 is 8.24 Å². The molecule has 0 amide bonds. The van der Waals surface area contributed by atoms with E-state index in [4.69, 9.17) is 4.42 Å². The Morgan fingerprint density at radius 1 is 1.45 bits per heavy atom. The number of rotatable bonds is 2. The van der Waals surface area contributed by atoms with Crippen LogP contribution >= 0.6 is 0 Å². The van der Waals surface area contributed by atoms with Gasteiger partial charge in [0.25, 0.3) is 0 Å². The molecule has 0 fully saturated rings. The predicted octanol–water partition coefficient (Wildman–Crippen LogP) is 2.53. The highest BCUT2D eigenvalue weighted by Crippen LogP contribution is 2.03. The van der Waals surface area contributed by atoms with Gasteiger partial charge in [-0.05, 0) is 31.8 Å². The van der Waals surface area contributed by atoms with Gasteiger partial charge in [0.2, 0.25) is 0 Å². The van der Waals surface area contributed by atoms with Crippen molar-refractivity contribution in [3.8, 4) is 0 Å². The molecule has 0 atom stereocenters. The van der Waals surface area contributed by atoms with Gasteiger partial charge in [-0.15, -0.1) is 0 Å². The van der Waals surface area contributed by atoms with Gasteiger partial charge in [-0.1, -0.05) is 0 Å². The van der Waals surface area contributed by atoms with E-state index in [1.54, 1.807) is 6.26 Å². The molecule has 0 N–H and O–H groups in total. The SMILES string of the molecule is C[Si](C)(C)/N=C/c1ccco1. The van der Waals surface area contributed by atoms with Crippen LogP contribution in [0, 0.1) is 0 Å². The van der Waals surface area contributed by atoms with Crippen molar-refractivity contribution in [1.29, 1.82) is 0 Å². The molecule has 0 aromatic carbocycles. The molecule has 3 heteroatoms. The second-order valence-corrected chi connectivity index (χ2v) is 8.04.